The van der Waals surface area contributed by atoms with Gasteiger partial charge in [-0.15, -0.1) is 0 Å². The van der Waals surface area contributed by atoms with Crippen LogP contribution in [0.25, 0.3) is 32.9 Å². The van der Waals surface area contributed by atoms with Crippen molar-refractivity contribution in [1.82, 2.24) is 4.57 Å². The summed E-state index contributed by atoms with van der Waals surface area (Å²) in [6.07, 6.45) is 1.14. The van der Waals surface area contributed by atoms with E-state index in [2.05, 4.69) is 84.3 Å². The van der Waals surface area contributed by atoms with E-state index in [-0.39, 0.29) is 0 Å². The minimum atomic E-state index is 1.05. The van der Waals surface area contributed by atoms with Gasteiger partial charge >= 0.3 is 0 Å². The van der Waals surface area contributed by atoms with Crippen LogP contribution in [0.2, 0.25) is 0 Å². The van der Waals surface area contributed by atoms with Gasteiger partial charge in [0, 0.05) is 28.4 Å². The van der Waals surface area contributed by atoms with Crippen molar-refractivity contribution in [3.63, 3.8) is 0 Å². The van der Waals surface area contributed by atoms with Crippen LogP contribution in [0.5, 0.6) is 0 Å². The third kappa shape index (κ3) is 1.93. The smallest absolute Gasteiger partial charge is 0.0571 e. The summed E-state index contributed by atoms with van der Waals surface area (Å²) in [5, 5.41) is 2.70. The van der Waals surface area contributed by atoms with Gasteiger partial charge in [0.05, 0.1) is 5.52 Å². The van der Waals surface area contributed by atoms with E-state index >= 15 is 0 Å². The zero-order chi connectivity index (χ0) is 14.9. The molecule has 3 aromatic carbocycles. The van der Waals surface area contributed by atoms with Gasteiger partial charge in [-0.2, -0.15) is 0 Å². The number of rotatable bonds is 3. The summed E-state index contributed by atoms with van der Waals surface area (Å²) in [4.78, 5) is 0. The first-order chi connectivity index (χ1) is 10.9. The number of fused-ring (bicyclic) bond motifs is 3. The Balaban J connectivity index is 2.15. The number of hydrogen-bond acceptors (Lipinski definition) is 0. The number of benzene rings is 3. The first-order valence-electron chi connectivity index (χ1n) is 7.95. The van der Waals surface area contributed by atoms with E-state index in [0.717, 1.165) is 13.0 Å². The molecule has 0 fully saturated rings. The number of hydrogen-bond donors (Lipinski definition) is 0. The van der Waals surface area contributed by atoms with Crippen LogP contribution >= 0.6 is 0 Å². The molecule has 108 valence electrons. The van der Waals surface area contributed by atoms with E-state index < -0.39 is 0 Å². The zero-order valence-corrected chi connectivity index (χ0v) is 12.8. The predicted molar refractivity (Wildman–Crippen MR) is 95.2 cm³/mol. The van der Waals surface area contributed by atoms with Gasteiger partial charge in [-0.05, 0) is 18.1 Å². The Labute approximate surface area is 130 Å². The summed E-state index contributed by atoms with van der Waals surface area (Å²) in [6.45, 7) is 3.29. The Morgan fingerprint density at radius 3 is 2.27 bits per heavy atom. The summed E-state index contributed by atoms with van der Waals surface area (Å²) in [7, 11) is 0. The number of nitrogens with zero attached hydrogens (tertiary/aromatic N) is 1. The van der Waals surface area contributed by atoms with E-state index in [1.165, 1.54) is 32.9 Å². The zero-order valence-electron chi connectivity index (χ0n) is 12.8. The Morgan fingerprint density at radius 2 is 1.45 bits per heavy atom. The van der Waals surface area contributed by atoms with Gasteiger partial charge in [-0.25, -0.2) is 0 Å². The van der Waals surface area contributed by atoms with Gasteiger partial charge < -0.3 is 4.57 Å². The van der Waals surface area contributed by atoms with Gasteiger partial charge in [0.1, 0.15) is 0 Å². The lowest BCUT2D eigenvalue weighted by atomic mass is 10.0. The van der Waals surface area contributed by atoms with Crippen molar-refractivity contribution < 1.29 is 0 Å². The molecule has 0 aliphatic rings. The van der Waals surface area contributed by atoms with Gasteiger partial charge in [-0.3, -0.25) is 0 Å². The topological polar surface area (TPSA) is 4.93 Å². The maximum Gasteiger partial charge on any atom is 0.0571 e. The normalized spacial score (nSPS) is 11.3. The molecule has 22 heavy (non-hydrogen) atoms. The molecule has 0 unspecified atom stereocenters. The van der Waals surface area contributed by atoms with Crippen LogP contribution < -0.4 is 0 Å². The molecule has 0 aliphatic heterocycles. The molecule has 0 spiro atoms. The second-order valence-electron chi connectivity index (χ2n) is 5.74. The van der Waals surface area contributed by atoms with Crippen molar-refractivity contribution in [2.75, 3.05) is 0 Å². The van der Waals surface area contributed by atoms with Crippen LogP contribution in [0.1, 0.15) is 13.3 Å². The van der Waals surface area contributed by atoms with Crippen LogP contribution in [0, 0.1) is 0 Å². The van der Waals surface area contributed by atoms with E-state index in [9.17, 15) is 0 Å². The monoisotopic (exact) mass is 285 g/mol. The van der Waals surface area contributed by atoms with E-state index in [1.807, 2.05) is 0 Å². The largest absolute Gasteiger partial charge is 0.340 e. The lowest BCUT2D eigenvalue weighted by Gasteiger charge is -2.10. The number of aryl methyl sites for hydroxylation is 1. The van der Waals surface area contributed by atoms with E-state index in [0.29, 0.717) is 0 Å². The summed E-state index contributed by atoms with van der Waals surface area (Å²) >= 11 is 0. The van der Waals surface area contributed by atoms with Gasteiger partial charge in [0.2, 0.25) is 0 Å². The molecule has 1 nitrogen and oxygen atoms in total. The molecular weight excluding hydrogens is 266 g/mol. The maximum absolute atomic E-state index is 2.48. The molecule has 4 rings (SSSR count). The van der Waals surface area contributed by atoms with Crippen LogP contribution in [-0.4, -0.2) is 4.57 Å². The van der Waals surface area contributed by atoms with Crippen molar-refractivity contribution in [3.05, 3.63) is 72.8 Å². The average molecular weight is 285 g/mol. The molecular formula is C21H19N. The van der Waals surface area contributed by atoms with Crippen LogP contribution in [0.3, 0.4) is 0 Å². The standard InChI is InChI=1S/C21H19N/c1-2-15-22-20-14-7-6-11-18(20)19-13-8-12-17(21(19)22)16-9-4-3-5-10-16/h3-14H,2,15H2,1H3. The summed E-state index contributed by atoms with van der Waals surface area (Å²) in [6, 6.07) is 26.1. The van der Waals surface area contributed by atoms with E-state index in [1.54, 1.807) is 0 Å². The molecule has 0 saturated carbocycles. The lowest BCUT2D eigenvalue weighted by Crippen LogP contribution is -1.97. The van der Waals surface area contributed by atoms with Crippen LogP contribution in [0.15, 0.2) is 72.8 Å². The lowest BCUT2D eigenvalue weighted by molar-refractivity contribution is 0.724. The highest BCUT2D eigenvalue weighted by atomic mass is 15.0. The first kappa shape index (κ1) is 13.1. The quantitative estimate of drug-likeness (QED) is 0.443. The molecule has 0 atom stereocenters. The minimum Gasteiger partial charge on any atom is -0.340 e. The Hall–Kier alpha value is -2.54. The van der Waals surface area contributed by atoms with Crippen molar-refractivity contribution >= 4 is 21.8 Å². The highest BCUT2D eigenvalue weighted by molar-refractivity contribution is 6.12. The molecule has 1 heterocycles. The third-order valence-corrected chi connectivity index (χ3v) is 4.32. The maximum atomic E-state index is 2.48. The molecule has 0 amide bonds. The molecule has 4 aromatic rings. The van der Waals surface area contributed by atoms with Crippen LogP contribution in [-0.2, 0) is 6.54 Å². The third-order valence-electron chi connectivity index (χ3n) is 4.32. The Kier molecular flexibility index (Phi) is 3.19. The van der Waals surface area contributed by atoms with E-state index in [4.69, 9.17) is 0 Å². The summed E-state index contributed by atoms with van der Waals surface area (Å²) < 4.78 is 2.48. The highest BCUT2D eigenvalue weighted by Gasteiger charge is 2.13. The SMILES string of the molecule is CCCn1c2ccccc2c2cccc(-c3ccccc3)c21. The minimum absolute atomic E-state index is 1.05. The predicted octanol–water partition coefficient (Wildman–Crippen LogP) is 5.87. The fourth-order valence-corrected chi connectivity index (χ4v) is 3.42. The van der Waals surface area contributed by atoms with Crippen molar-refractivity contribution in [1.29, 1.82) is 0 Å². The molecule has 0 radical (unpaired) electrons. The van der Waals surface area contributed by atoms with Crippen molar-refractivity contribution in [2.24, 2.45) is 0 Å². The molecule has 0 aliphatic carbocycles. The molecule has 0 saturated heterocycles. The van der Waals surface area contributed by atoms with Gasteiger partial charge in [-0.1, -0.05) is 73.7 Å². The molecule has 0 N–H and O–H groups in total. The Morgan fingerprint density at radius 1 is 0.727 bits per heavy atom. The summed E-state index contributed by atoms with van der Waals surface area (Å²) in [5.41, 5.74) is 5.30. The Bertz CT molecular complexity index is 932. The number of para-hydroxylation sites is 2. The fraction of sp³-hybridized carbons (Fsp3) is 0.143. The fourth-order valence-electron chi connectivity index (χ4n) is 3.42. The molecule has 0 bridgehead atoms. The number of aromatic nitrogens is 1. The summed E-state index contributed by atoms with van der Waals surface area (Å²) in [5.74, 6) is 0. The van der Waals surface area contributed by atoms with Gasteiger partial charge in [0.15, 0.2) is 0 Å². The molecule has 1 heteroatoms. The molecule has 1 aromatic heterocycles. The van der Waals surface area contributed by atoms with Gasteiger partial charge in [0.25, 0.3) is 0 Å². The average Bonchev–Trinajstić information content (AvgIpc) is 2.91. The highest BCUT2D eigenvalue weighted by Crippen LogP contribution is 2.35. The first-order valence-corrected chi connectivity index (χ1v) is 7.95. The van der Waals surface area contributed by atoms with Crippen molar-refractivity contribution in [2.45, 2.75) is 19.9 Å². The van der Waals surface area contributed by atoms with Crippen molar-refractivity contribution in [3.8, 4) is 11.1 Å². The second-order valence-corrected chi connectivity index (χ2v) is 5.74. The van der Waals surface area contributed by atoms with Crippen LogP contribution in [0.4, 0.5) is 0 Å². The second kappa shape index (κ2) is 5.34.